The number of fused-ring (bicyclic) bond motifs is 7. The largest absolute Gasteiger partial charge is 0.481 e. The number of nitrogens with zero attached hydrogens (tertiary/aromatic N) is 1. The molecule has 7 aliphatic rings. The van der Waals surface area contributed by atoms with Crippen LogP contribution in [0.1, 0.15) is 124 Å². The molecular weight excluding hydrogens is 701 g/mol. The van der Waals surface area contributed by atoms with E-state index in [0.29, 0.717) is 67.0 Å². The average molecular weight is 771 g/mol. The molecule has 8 rings (SSSR count). The molecule has 1 aromatic rings. The van der Waals surface area contributed by atoms with Gasteiger partial charge in [0.05, 0.1) is 16.9 Å². The van der Waals surface area contributed by atoms with Crippen LogP contribution in [0.25, 0.3) is 0 Å². The van der Waals surface area contributed by atoms with E-state index in [0.717, 1.165) is 31.5 Å². The first-order chi connectivity index (χ1) is 25.9. The van der Waals surface area contributed by atoms with Crippen molar-refractivity contribution in [3.05, 3.63) is 71.3 Å². The molecule has 10 atom stereocenters. The van der Waals surface area contributed by atoms with Crippen molar-refractivity contribution in [1.29, 1.82) is 0 Å². The summed E-state index contributed by atoms with van der Waals surface area (Å²) in [7, 11) is -2.87. The van der Waals surface area contributed by atoms with E-state index in [1.54, 1.807) is 0 Å². The topological polar surface area (TPSA) is 86.7 Å². The molecule has 6 nitrogen and oxygen atoms in total. The second kappa shape index (κ2) is 13.7. The normalized spacial score (nSPS) is 43.5. The summed E-state index contributed by atoms with van der Waals surface area (Å²) in [6.07, 6.45) is 18.2. The lowest BCUT2D eigenvalue weighted by Gasteiger charge is -2.72. The molecule has 1 aromatic carbocycles. The molecule has 0 spiro atoms. The van der Waals surface area contributed by atoms with Gasteiger partial charge in [-0.15, -0.1) is 0 Å². The minimum Gasteiger partial charge on any atom is -0.481 e. The van der Waals surface area contributed by atoms with E-state index in [2.05, 4.69) is 70.5 Å². The van der Waals surface area contributed by atoms with E-state index in [9.17, 15) is 18.3 Å². The molecule has 0 bridgehead atoms. The lowest BCUT2D eigenvalue weighted by molar-refractivity contribution is -0.221. The van der Waals surface area contributed by atoms with E-state index < -0.39 is 21.2 Å². The molecule has 6 aliphatic carbocycles. The van der Waals surface area contributed by atoms with E-state index in [1.807, 2.05) is 30.3 Å². The van der Waals surface area contributed by atoms with Crippen molar-refractivity contribution in [1.82, 2.24) is 10.2 Å². The molecule has 5 fully saturated rings. The van der Waals surface area contributed by atoms with Crippen LogP contribution in [0.15, 0.2) is 65.8 Å². The highest BCUT2D eigenvalue weighted by Crippen LogP contribution is 2.76. The van der Waals surface area contributed by atoms with Crippen molar-refractivity contribution in [3.8, 4) is 0 Å². The third-order valence-corrected chi connectivity index (χ3v) is 20.2. The van der Waals surface area contributed by atoms with Gasteiger partial charge in [-0.25, -0.2) is 8.42 Å². The third kappa shape index (κ3) is 6.04. The Balaban J connectivity index is 1.04. The van der Waals surface area contributed by atoms with Crippen molar-refractivity contribution < 1.29 is 18.3 Å². The van der Waals surface area contributed by atoms with Crippen LogP contribution in [-0.2, 0) is 20.0 Å². The van der Waals surface area contributed by atoms with E-state index in [1.165, 1.54) is 68.1 Å². The van der Waals surface area contributed by atoms with Gasteiger partial charge in [0.2, 0.25) is 0 Å². The minimum absolute atomic E-state index is 0.0363. The fourth-order valence-corrected chi connectivity index (χ4v) is 16.7. The number of nitrogens with one attached hydrogen (secondary N) is 1. The number of carbonyl (C=O) groups is 1. The monoisotopic (exact) mass is 771 g/mol. The molecule has 4 saturated carbocycles. The van der Waals surface area contributed by atoms with Crippen molar-refractivity contribution in [3.63, 3.8) is 0 Å². The zero-order chi connectivity index (χ0) is 39.2. The zero-order valence-electron chi connectivity index (χ0n) is 34.9. The lowest BCUT2D eigenvalue weighted by atomic mass is 9.33. The first-order valence-electron chi connectivity index (χ1n) is 21.9. The molecule has 0 aromatic heterocycles. The van der Waals surface area contributed by atoms with Gasteiger partial charge in [0.25, 0.3) is 0 Å². The van der Waals surface area contributed by atoms with Gasteiger partial charge in [-0.2, -0.15) is 0 Å². The predicted octanol–water partition coefficient (Wildman–Crippen LogP) is 9.39. The second-order valence-electron chi connectivity index (χ2n) is 21.0. The van der Waals surface area contributed by atoms with Crippen LogP contribution in [0.2, 0.25) is 0 Å². The molecule has 55 heavy (non-hydrogen) atoms. The van der Waals surface area contributed by atoms with Gasteiger partial charge in [0, 0.05) is 31.7 Å². The quantitative estimate of drug-likeness (QED) is 0.257. The van der Waals surface area contributed by atoms with Gasteiger partial charge >= 0.3 is 5.97 Å². The molecule has 0 amide bonds. The molecule has 7 heteroatoms. The summed E-state index contributed by atoms with van der Waals surface area (Å²) in [4.78, 5) is 15.1. The number of rotatable bonds is 8. The fourth-order valence-electron chi connectivity index (χ4n) is 15.5. The maximum Gasteiger partial charge on any atom is 0.314 e. The van der Waals surface area contributed by atoms with Gasteiger partial charge in [-0.3, -0.25) is 4.79 Å². The first kappa shape index (κ1) is 39.6. The van der Waals surface area contributed by atoms with Crippen molar-refractivity contribution in [2.24, 2.45) is 51.2 Å². The molecular formula is C48H70N2O4S. The number of allylic oxidation sites excluding steroid dienone is 5. The van der Waals surface area contributed by atoms with Gasteiger partial charge < -0.3 is 15.3 Å². The highest BCUT2D eigenvalue weighted by atomic mass is 32.2. The summed E-state index contributed by atoms with van der Waals surface area (Å²) in [6.45, 7) is 23.3. The number of sulfone groups is 1. The van der Waals surface area contributed by atoms with Crippen LogP contribution in [0.5, 0.6) is 0 Å². The molecule has 0 radical (unpaired) electrons. The Kier molecular flexibility index (Phi) is 9.85. The number of hydrogen-bond acceptors (Lipinski definition) is 5. The Morgan fingerprint density at radius 1 is 0.873 bits per heavy atom. The van der Waals surface area contributed by atoms with Gasteiger partial charge in [0.15, 0.2) is 9.84 Å². The highest BCUT2D eigenvalue weighted by Gasteiger charge is 2.70. The van der Waals surface area contributed by atoms with Crippen LogP contribution >= 0.6 is 0 Å². The summed E-state index contributed by atoms with van der Waals surface area (Å²) in [6, 6.07) is 9.92. The molecule has 2 N–H and O–H groups in total. The highest BCUT2D eigenvalue weighted by molar-refractivity contribution is 7.91. The van der Waals surface area contributed by atoms with Gasteiger partial charge in [-0.05, 0) is 152 Å². The maximum atomic E-state index is 12.8. The van der Waals surface area contributed by atoms with E-state index in [4.69, 9.17) is 0 Å². The molecule has 302 valence electrons. The van der Waals surface area contributed by atoms with Crippen LogP contribution in [-0.4, -0.2) is 67.6 Å². The number of carboxylic acids is 1. The Morgan fingerprint density at radius 2 is 1.60 bits per heavy atom. The van der Waals surface area contributed by atoms with Crippen molar-refractivity contribution in [2.45, 2.75) is 130 Å². The first-order valence-corrected chi connectivity index (χ1v) is 23.8. The molecule has 1 unspecified atom stereocenters. The molecule has 1 saturated heterocycles. The summed E-state index contributed by atoms with van der Waals surface area (Å²) in [5.74, 6) is 3.02. The summed E-state index contributed by atoms with van der Waals surface area (Å²) >= 11 is 0. The zero-order valence-corrected chi connectivity index (χ0v) is 35.7. The Bertz CT molecular complexity index is 1850. The van der Waals surface area contributed by atoms with E-state index in [-0.39, 0.29) is 27.2 Å². The Labute approximate surface area is 333 Å². The van der Waals surface area contributed by atoms with Crippen molar-refractivity contribution >= 4 is 15.8 Å². The van der Waals surface area contributed by atoms with Crippen LogP contribution in [0.3, 0.4) is 0 Å². The van der Waals surface area contributed by atoms with Crippen molar-refractivity contribution in [2.75, 3.05) is 37.7 Å². The Morgan fingerprint density at radius 3 is 2.25 bits per heavy atom. The molecule has 1 heterocycles. The second-order valence-corrected chi connectivity index (χ2v) is 23.3. The van der Waals surface area contributed by atoms with Gasteiger partial charge in [0.1, 0.15) is 0 Å². The summed E-state index contributed by atoms with van der Waals surface area (Å²) < 4.78 is 24.1. The fraction of sp³-hybridized carbons (Fsp3) is 0.729. The van der Waals surface area contributed by atoms with Crippen LogP contribution in [0.4, 0.5) is 0 Å². The predicted molar refractivity (Wildman–Crippen MR) is 224 cm³/mol. The SMILES string of the molecule is C=C(C)[C@@H]1CC[C@]2(NCCN3CCS(=O)(=O)CC3)CC[C@]3(C)[C@H](CC[C@@H]4[C@@]5(C)CC=C(C6=CCC(C(=O)O)(c7ccccc7)CC6)C(C)(C)[C@@H]5CC[C@]43C)[C@@H]12. The Hall–Kier alpha value is -2.22. The maximum absolute atomic E-state index is 12.8. The standard InChI is InChI=1S/C48H70N2O4S/c1-33(2)36-17-24-48(49-27-28-50-29-31-55(53,54)32-30-50)26-25-45(6)38(41(36)48)13-14-40-44(5)20-18-37(43(3,4)39(44)19-21-46(40,45)7)34-15-22-47(23-16-34,42(51)52)35-11-9-8-10-12-35/h8-12,15,18,36,38-41,49H,1,13-14,16-17,19-32H2,2-7H3,(H,51,52)/t36-,38+,39-,40+,41+,44-,45+,46+,47?,48-/m0/s1. The van der Waals surface area contributed by atoms with Crippen LogP contribution < -0.4 is 5.32 Å². The summed E-state index contributed by atoms with van der Waals surface area (Å²) in [5.41, 5.74) is 5.33. The summed E-state index contributed by atoms with van der Waals surface area (Å²) in [5, 5.41) is 14.7. The number of benzene rings is 1. The number of hydrogen-bond donors (Lipinski definition) is 2. The molecule has 1 aliphatic heterocycles. The average Bonchev–Trinajstić information content (AvgIpc) is 3.53. The smallest absolute Gasteiger partial charge is 0.314 e. The number of carboxylic acid groups (broad SMARTS) is 1. The lowest BCUT2D eigenvalue weighted by Crippen LogP contribution is -2.68. The third-order valence-electron chi connectivity index (χ3n) is 18.6. The number of aliphatic carboxylic acids is 1. The van der Waals surface area contributed by atoms with Gasteiger partial charge in [-0.1, -0.05) is 89.3 Å². The van der Waals surface area contributed by atoms with E-state index >= 15 is 0 Å². The minimum atomic E-state index is -2.87. The van der Waals surface area contributed by atoms with Crippen LogP contribution in [0, 0.1) is 51.2 Å².